The Kier molecular flexibility index (Phi) is 6.47. The summed E-state index contributed by atoms with van der Waals surface area (Å²) >= 11 is 0. The van der Waals surface area contributed by atoms with Crippen LogP contribution < -0.4 is 9.47 Å². The topological polar surface area (TPSA) is 59.1 Å². The first-order valence-electron chi connectivity index (χ1n) is 10.3. The molecule has 2 amide bonds. The van der Waals surface area contributed by atoms with Crippen LogP contribution in [0, 0.1) is 5.92 Å². The molecule has 1 heterocycles. The molecule has 0 bridgehead atoms. The number of fused-ring (bicyclic) bond motifs is 1. The predicted molar refractivity (Wildman–Crippen MR) is 108 cm³/mol. The van der Waals surface area contributed by atoms with Crippen LogP contribution in [0.4, 0.5) is 0 Å². The second-order valence-corrected chi connectivity index (χ2v) is 7.81. The van der Waals surface area contributed by atoms with Gasteiger partial charge in [-0.05, 0) is 55.9 Å². The zero-order valence-corrected chi connectivity index (χ0v) is 17.5. The van der Waals surface area contributed by atoms with Crippen molar-refractivity contribution in [3.05, 3.63) is 23.3 Å². The SMILES string of the molecule is CCCN(CC(=O)N1CCc2cc(OC)c(OC)cc2C1C)C(=O)C1CCC1. The number of methoxy groups -OCH3 is 2. The minimum Gasteiger partial charge on any atom is -0.493 e. The lowest BCUT2D eigenvalue weighted by Crippen LogP contribution is -2.48. The molecule has 3 rings (SSSR count). The molecule has 1 aromatic carbocycles. The molecule has 1 atom stereocenters. The van der Waals surface area contributed by atoms with E-state index in [1.165, 1.54) is 5.56 Å². The highest BCUT2D eigenvalue weighted by Crippen LogP contribution is 2.38. The van der Waals surface area contributed by atoms with Gasteiger partial charge in [0.25, 0.3) is 0 Å². The second-order valence-electron chi connectivity index (χ2n) is 7.81. The lowest BCUT2D eigenvalue weighted by atomic mass is 9.84. The van der Waals surface area contributed by atoms with Crippen molar-refractivity contribution in [3.8, 4) is 11.5 Å². The molecular weight excluding hydrogens is 356 g/mol. The third kappa shape index (κ3) is 3.96. The third-order valence-corrected chi connectivity index (χ3v) is 6.09. The molecule has 1 aromatic rings. The average Bonchev–Trinajstić information content (AvgIpc) is 2.65. The van der Waals surface area contributed by atoms with Gasteiger partial charge in [0.05, 0.1) is 26.8 Å². The van der Waals surface area contributed by atoms with Crippen LogP contribution in [0.1, 0.15) is 56.7 Å². The molecule has 1 aliphatic carbocycles. The first-order chi connectivity index (χ1) is 13.5. The summed E-state index contributed by atoms with van der Waals surface area (Å²) in [5.41, 5.74) is 2.27. The van der Waals surface area contributed by atoms with Gasteiger partial charge in [0.1, 0.15) is 0 Å². The molecular formula is C22H32N2O4. The smallest absolute Gasteiger partial charge is 0.242 e. The second kappa shape index (κ2) is 8.84. The molecule has 1 aliphatic heterocycles. The number of carbonyl (C=O) groups is 2. The van der Waals surface area contributed by atoms with Crippen LogP contribution in [0.3, 0.4) is 0 Å². The standard InChI is InChI=1S/C22H32N2O4/c1-5-10-23(22(26)16-7-6-8-16)14-21(25)24-11-9-17-12-19(27-3)20(28-4)13-18(17)15(24)2/h12-13,15-16H,5-11,14H2,1-4H3. The summed E-state index contributed by atoms with van der Waals surface area (Å²) in [6.07, 6.45) is 4.68. The fraction of sp³-hybridized carbons (Fsp3) is 0.636. The number of hydrogen-bond donors (Lipinski definition) is 0. The summed E-state index contributed by atoms with van der Waals surface area (Å²) in [5, 5.41) is 0. The van der Waals surface area contributed by atoms with Crippen molar-refractivity contribution in [1.82, 2.24) is 9.80 Å². The lowest BCUT2D eigenvalue weighted by Gasteiger charge is -2.38. The minimum absolute atomic E-state index is 0.0223. The maximum absolute atomic E-state index is 13.1. The summed E-state index contributed by atoms with van der Waals surface area (Å²) in [7, 11) is 3.25. The summed E-state index contributed by atoms with van der Waals surface area (Å²) in [5.74, 6) is 1.69. The number of hydrogen-bond acceptors (Lipinski definition) is 4. The maximum atomic E-state index is 13.1. The molecule has 154 valence electrons. The highest BCUT2D eigenvalue weighted by Gasteiger charge is 2.33. The number of rotatable bonds is 7. The van der Waals surface area contributed by atoms with Crippen molar-refractivity contribution < 1.29 is 19.1 Å². The Bertz CT molecular complexity index is 729. The van der Waals surface area contributed by atoms with Gasteiger partial charge >= 0.3 is 0 Å². The molecule has 0 N–H and O–H groups in total. The Morgan fingerprint density at radius 3 is 2.43 bits per heavy atom. The van der Waals surface area contributed by atoms with Crippen LogP contribution >= 0.6 is 0 Å². The van der Waals surface area contributed by atoms with Gasteiger partial charge in [0.2, 0.25) is 11.8 Å². The number of carbonyl (C=O) groups excluding carboxylic acids is 2. The average molecular weight is 389 g/mol. The molecule has 0 spiro atoms. The van der Waals surface area contributed by atoms with E-state index in [9.17, 15) is 9.59 Å². The third-order valence-electron chi connectivity index (χ3n) is 6.09. The quantitative estimate of drug-likeness (QED) is 0.720. The molecule has 1 unspecified atom stereocenters. The highest BCUT2D eigenvalue weighted by atomic mass is 16.5. The molecule has 6 nitrogen and oxygen atoms in total. The molecule has 1 saturated carbocycles. The number of nitrogens with zero attached hydrogens (tertiary/aromatic N) is 2. The van der Waals surface area contributed by atoms with E-state index in [1.807, 2.05) is 30.9 Å². The zero-order chi connectivity index (χ0) is 20.3. The fourth-order valence-electron chi connectivity index (χ4n) is 4.19. The Morgan fingerprint density at radius 2 is 1.86 bits per heavy atom. The van der Waals surface area contributed by atoms with Gasteiger partial charge < -0.3 is 19.3 Å². The van der Waals surface area contributed by atoms with Crippen molar-refractivity contribution in [2.45, 2.75) is 52.0 Å². The Labute approximate surface area is 167 Å². The van der Waals surface area contributed by atoms with Crippen LogP contribution in [0.2, 0.25) is 0 Å². The lowest BCUT2D eigenvalue weighted by molar-refractivity contribution is -0.145. The summed E-state index contributed by atoms with van der Waals surface area (Å²) in [6, 6.07) is 3.93. The van der Waals surface area contributed by atoms with E-state index in [4.69, 9.17) is 9.47 Å². The highest BCUT2D eigenvalue weighted by molar-refractivity contribution is 5.86. The van der Waals surface area contributed by atoms with E-state index in [-0.39, 0.29) is 30.3 Å². The zero-order valence-electron chi connectivity index (χ0n) is 17.5. The van der Waals surface area contributed by atoms with E-state index in [0.29, 0.717) is 24.6 Å². The van der Waals surface area contributed by atoms with Gasteiger partial charge in [-0.15, -0.1) is 0 Å². The summed E-state index contributed by atoms with van der Waals surface area (Å²) < 4.78 is 10.8. The van der Waals surface area contributed by atoms with Crippen LogP contribution in [0.25, 0.3) is 0 Å². The Hall–Kier alpha value is -2.24. The molecule has 0 saturated heterocycles. The molecule has 0 radical (unpaired) electrons. The monoisotopic (exact) mass is 388 g/mol. The van der Waals surface area contributed by atoms with Crippen LogP contribution in [-0.4, -0.2) is 55.5 Å². The number of benzene rings is 1. The number of amides is 2. The summed E-state index contributed by atoms with van der Waals surface area (Å²) in [4.78, 5) is 29.4. The Morgan fingerprint density at radius 1 is 1.18 bits per heavy atom. The normalized spacial score (nSPS) is 18.9. The van der Waals surface area contributed by atoms with Gasteiger partial charge in [-0.1, -0.05) is 13.3 Å². The van der Waals surface area contributed by atoms with Crippen LogP contribution in [0.15, 0.2) is 12.1 Å². The summed E-state index contributed by atoms with van der Waals surface area (Å²) in [6.45, 7) is 5.56. The molecule has 6 heteroatoms. The largest absolute Gasteiger partial charge is 0.493 e. The minimum atomic E-state index is -0.0571. The Balaban J connectivity index is 1.74. The maximum Gasteiger partial charge on any atom is 0.242 e. The van der Waals surface area contributed by atoms with Gasteiger partial charge in [0, 0.05) is 19.0 Å². The van der Waals surface area contributed by atoms with Crippen molar-refractivity contribution in [2.24, 2.45) is 5.92 Å². The van der Waals surface area contributed by atoms with E-state index in [0.717, 1.165) is 37.7 Å². The predicted octanol–water partition coefficient (Wildman–Crippen LogP) is 3.19. The fourth-order valence-corrected chi connectivity index (χ4v) is 4.19. The van der Waals surface area contributed by atoms with Gasteiger partial charge in [-0.25, -0.2) is 0 Å². The molecule has 2 aliphatic rings. The first-order valence-corrected chi connectivity index (χ1v) is 10.3. The number of ether oxygens (including phenoxy) is 2. The van der Waals surface area contributed by atoms with Crippen molar-refractivity contribution in [3.63, 3.8) is 0 Å². The molecule has 0 aromatic heterocycles. The van der Waals surface area contributed by atoms with Crippen molar-refractivity contribution in [2.75, 3.05) is 33.9 Å². The van der Waals surface area contributed by atoms with Crippen LogP contribution in [-0.2, 0) is 16.0 Å². The molecule has 28 heavy (non-hydrogen) atoms. The van der Waals surface area contributed by atoms with E-state index in [1.54, 1.807) is 19.1 Å². The van der Waals surface area contributed by atoms with Crippen LogP contribution in [0.5, 0.6) is 11.5 Å². The van der Waals surface area contributed by atoms with E-state index >= 15 is 0 Å². The van der Waals surface area contributed by atoms with E-state index < -0.39 is 0 Å². The van der Waals surface area contributed by atoms with Gasteiger partial charge in [-0.2, -0.15) is 0 Å². The first kappa shape index (κ1) is 20.5. The molecule has 1 fully saturated rings. The van der Waals surface area contributed by atoms with E-state index in [2.05, 4.69) is 0 Å². The van der Waals surface area contributed by atoms with Crippen molar-refractivity contribution in [1.29, 1.82) is 0 Å². The van der Waals surface area contributed by atoms with Gasteiger partial charge in [-0.3, -0.25) is 9.59 Å². The van der Waals surface area contributed by atoms with Crippen molar-refractivity contribution >= 4 is 11.8 Å². The van der Waals surface area contributed by atoms with Gasteiger partial charge in [0.15, 0.2) is 11.5 Å².